The third kappa shape index (κ3) is 2.25. The van der Waals surface area contributed by atoms with Crippen LogP contribution in [0.4, 0.5) is 5.82 Å². The SMILES string of the molecule is Cc1cc2c(nc1N1CCC(OCC34CC(C3)C4)CC1)CNC2=O. The van der Waals surface area contributed by atoms with Gasteiger partial charge in [-0.1, -0.05) is 0 Å². The van der Waals surface area contributed by atoms with Crippen LogP contribution in [0.1, 0.15) is 53.7 Å². The van der Waals surface area contributed by atoms with Gasteiger partial charge in [0.15, 0.2) is 0 Å². The van der Waals surface area contributed by atoms with E-state index in [1.807, 2.05) is 6.07 Å². The van der Waals surface area contributed by atoms with Crippen LogP contribution in [-0.2, 0) is 11.3 Å². The smallest absolute Gasteiger partial charge is 0.253 e. The number of nitrogens with zero attached hydrogens (tertiary/aromatic N) is 2. The Balaban J connectivity index is 1.21. The van der Waals surface area contributed by atoms with E-state index in [1.54, 1.807) is 0 Å². The van der Waals surface area contributed by atoms with E-state index in [2.05, 4.69) is 17.1 Å². The third-order valence-corrected chi connectivity index (χ3v) is 6.46. The van der Waals surface area contributed by atoms with Crippen LogP contribution in [0.15, 0.2) is 6.07 Å². The van der Waals surface area contributed by atoms with Crippen molar-refractivity contribution in [2.75, 3.05) is 24.6 Å². The minimum atomic E-state index is 0.00728. The molecule has 5 nitrogen and oxygen atoms in total. The van der Waals surface area contributed by atoms with Crippen LogP contribution in [-0.4, -0.2) is 36.7 Å². The minimum absolute atomic E-state index is 0.00728. The molecule has 2 bridgehead atoms. The molecule has 0 radical (unpaired) electrons. The first kappa shape index (κ1) is 14.7. The number of fused-ring (bicyclic) bond motifs is 1. The normalized spacial score (nSPS) is 31.3. The van der Waals surface area contributed by atoms with Gasteiger partial charge in [-0.2, -0.15) is 0 Å². The van der Waals surface area contributed by atoms with Gasteiger partial charge < -0.3 is 15.0 Å². The van der Waals surface area contributed by atoms with Gasteiger partial charge in [0.25, 0.3) is 5.91 Å². The summed E-state index contributed by atoms with van der Waals surface area (Å²) >= 11 is 0. The molecule has 6 rings (SSSR count). The third-order valence-electron chi connectivity index (χ3n) is 6.46. The van der Waals surface area contributed by atoms with Crippen molar-refractivity contribution in [1.82, 2.24) is 10.3 Å². The van der Waals surface area contributed by atoms with Crippen LogP contribution < -0.4 is 10.2 Å². The molecule has 1 aromatic heterocycles. The number of hydrogen-bond acceptors (Lipinski definition) is 4. The van der Waals surface area contributed by atoms with Crippen molar-refractivity contribution in [3.63, 3.8) is 0 Å². The summed E-state index contributed by atoms with van der Waals surface area (Å²) in [6.45, 7) is 5.59. The van der Waals surface area contributed by atoms with Crippen molar-refractivity contribution in [2.24, 2.45) is 11.3 Å². The van der Waals surface area contributed by atoms with Crippen LogP contribution in [0.5, 0.6) is 0 Å². The standard InChI is InChI=1S/C19H25N3O2/c1-12-6-15-16(10-20-18(15)23)21-17(12)22-4-2-14(3-5-22)24-11-19-7-13(8-19)9-19/h6,13-14H,2-5,7-11H2,1H3,(H,20,23). The van der Waals surface area contributed by atoms with Gasteiger partial charge in [-0.3, -0.25) is 4.79 Å². The van der Waals surface area contributed by atoms with E-state index >= 15 is 0 Å². The predicted molar refractivity (Wildman–Crippen MR) is 91.1 cm³/mol. The largest absolute Gasteiger partial charge is 0.378 e. The molecule has 24 heavy (non-hydrogen) atoms. The summed E-state index contributed by atoms with van der Waals surface area (Å²) in [6.07, 6.45) is 6.81. The fraction of sp³-hybridized carbons (Fsp3) is 0.684. The molecular weight excluding hydrogens is 302 g/mol. The Morgan fingerprint density at radius 3 is 2.75 bits per heavy atom. The maximum atomic E-state index is 11.8. The monoisotopic (exact) mass is 327 g/mol. The lowest BCUT2D eigenvalue weighted by Gasteiger charge is -2.62. The number of piperidine rings is 1. The number of carbonyl (C=O) groups excluding carboxylic acids is 1. The first-order valence-corrected chi connectivity index (χ1v) is 9.27. The van der Waals surface area contributed by atoms with Gasteiger partial charge in [0.05, 0.1) is 30.5 Å². The quantitative estimate of drug-likeness (QED) is 0.923. The Bertz CT molecular complexity index is 677. The van der Waals surface area contributed by atoms with Crippen molar-refractivity contribution in [3.8, 4) is 0 Å². The van der Waals surface area contributed by atoms with Gasteiger partial charge in [-0.15, -0.1) is 0 Å². The number of carbonyl (C=O) groups is 1. The van der Waals surface area contributed by atoms with Crippen LogP contribution >= 0.6 is 0 Å². The van der Waals surface area contributed by atoms with Crippen LogP contribution in [0, 0.1) is 18.3 Å². The van der Waals surface area contributed by atoms with Crippen LogP contribution in [0.3, 0.4) is 0 Å². The molecule has 3 heterocycles. The summed E-state index contributed by atoms with van der Waals surface area (Å²) in [5.41, 5.74) is 3.31. The Kier molecular flexibility index (Phi) is 3.18. The zero-order valence-electron chi connectivity index (χ0n) is 14.3. The molecule has 1 aromatic rings. The summed E-state index contributed by atoms with van der Waals surface area (Å²) in [5.74, 6) is 2.08. The summed E-state index contributed by atoms with van der Waals surface area (Å²) in [6, 6.07) is 1.99. The second kappa shape index (κ2) is 5.19. The van der Waals surface area contributed by atoms with E-state index in [0.29, 0.717) is 18.1 Å². The molecule has 2 aliphatic heterocycles. The molecule has 3 aliphatic carbocycles. The molecule has 4 fully saturated rings. The van der Waals surface area contributed by atoms with E-state index in [9.17, 15) is 4.79 Å². The summed E-state index contributed by atoms with van der Waals surface area (Å²) < 4.78 is 6.23. The molecule has 0 atom stereocenters. The molecule has 128 valence electrons. The van der Waals surface area contributed by atoms with Crippen LogP contribution in [0.2, 0.25) is 0 Å². The highest BCUT2D eigenvalue weighted by Crippen LogP contribution is 2.64. The molecule has 0 spiro atoms. The minimum Gasteiger partial charge on any atom is -0.378 e. The Labute approximate surface area is 142 Å². The molecular formula is C19H25N3O2. The maximum absolute atomic E-state index is 11.8. The van der Waals surface area contributed by atoms with E-state index in [4.69, 9.17) is 9.72 Å². The number of hydrogen-bond donors (Lipinski definition) is 1. The average molecular weight is 327 g/mol. The number of anilines is 1. The lowest BCUT2D eigenvalue weighted by Crippen LogP contribution is -2.55. The topological polar surface area (TPSA) is 54.5 Å². The second-order valence-corrected chi connectivity index (χ2v) is 8.28. The lowest BCUT2D eigenvalue weighted by atomic mass is 9.45. The second-order valence-electron chi connectivity index (χ2n) is 8.28. The first-order valence-electron chi connectivity index (χ1n) is 9.27. The Hall–Kier alpha value is -1.62. The fourth-order valence-electron chi connectivity index (χ4n) is 4.91. The van der Waals surface area contributed by atoms with Gasteiger partial charge >= 0.3 is 0 Å². The lowest BCUT2D eigenvalue weighted by molar-refractivity contribution is -0.168. The fourth-order valence-corrected chi connectivity index (χ4v) is 4.91. The van der Waals surface area contributed by atoms with Gasteiger partial charge in [-0.25, -0.2) is 4.98 Å². The van der Waals surface area contributed by atoms with Crippen LogP contribution in [0.25, 0.3) is 0 Å². The maximum Gasteiger partial charge on any atom is 0.253 e. The van der Waals surface area contributed by atoms with E-state index in [-0.39, 0.29) is 5.91 Å². The number of aromatic nitrogens is 1. The summed E-state index contributed by atoms with van der Waals surface area (Å²) in [7, 11) is 0. The predicted octanol–water partition coefficient (Wildman–Crippen LogP) is 2.42. The average Bonchev–Trinajstić information content (AvgIpc) is 2.85. The van der Waals surface area contributed by atoms with E-state index < -0.39 is 0 Å². The van der Waals surface area contributed by atoms with E-state index in [0.717, 1.165) is 61.1 Å². The number of rotatable bonds is 4. The number of amides is 1. The van der Waals surface area contributed by atoms with Gasteiger partial charge in [0.1, 0.15) is 5.82 Å². The Morgan fingerprint density at radius 2 is 2.08 bits per heavy atom. The molecule has 0 aromatic carbocycles. The van der Waals surface area contributed by atoms with Gasteiger partial charge in [0, 0.05) is 13.1 Å². The van der Waals surface area contributed by atoms with E-state index in [1.165, 1.54) is 19.3 Å². The number of nitrogens with one attached hydrogen (secondary N) is 1. The highest BCUT2D eigenvalue weighted by atomic mass is 16.5. The van der Waals surface area contributed by atoms with Crippen molar-refractivity contribution >= 4 is 11.7 Å². The zero-order valence-corrected chi connectivity index (χ0v) is 14.3. The molecule has 0 unspecified atom stereocenters. The molecule has 1 amide bonds. The number of ether oxygens (including phenoxy) is 1. The highest BCUT2D eigenvalue weighted by molar-refractivity contribution is 5.98. The number of aryl methyl sites for hydroxylation is 1. The molecule has 3 saturated carbocycles. The van der Waals surface area contributed by atoms with Crippen molar-refractivity contribution in [3.05, 3.63) is 22.9 Å². The molecule has 1 saturated heterocycles. The molecule has 5 heteroatoms. The summed E-state index contributed by atoms with van der Waals surface area (Å²) in [5, 5.41) is 2.86. The Morgan fingerprint density at radius 1 is 1.33 bits per heavy atom. The zero-order chi connectivity index (χ0) is 16.3. The molecule has 1 N–H and O–H groups in total. The number of pyridine rings is 1. The summed E-state index contributed by atoms with van der Waals surface area (Å²) in [4.78, 5) is 18.9. The van der Waals surface area contributed by atoms with Gasteiger partial charge in [-0.05, 0) is 62.0 Å². The molecule has 5 aliphatic rings. The van der Waals surface area contributed by atoms with Crippen molar-refractivity contribution < 1.29 is 9.53 Å². The highest BCUT2D eigenvalue weighted by Gasteiger charge is 2.56. The first-order chi connectivity index (χ1) is 11.6. The van der Waals surface area contributed by atoms with Crippen molar-refractivity contribution in [2.45, 2.75) is 51.7 Å². The van der Waals surface area contributed by atoms with Crippen molar-refractivity contribution in [1.29, 1.82) is 0 Å². The van der Waals surface area contributed by atoms with Gasteiger partial charge in [0.2, 0.25) is 0 Å².